The molecule has 0 aliphatic rings. The molecule has 2 aromatic rings. The van der Waals surface area contributed by atoms with E-state index in [2.05, 4.69) is 22.0 Å². The summed E-state index contributed by atoms with van der Waals surface area (Å²) in [5.41, 5.74) is 1.19. The number of nitrogens with zero attached hydrogens (tertiary/aromatic N) is 1. The minimum atomic E-state index is 0.555. The van der Waals surface area contributed by atoms with Crippen LogP contribution in [0.15, 0.2) is 22.0 Å². The fourth-order valence-electron chi connectivity index (χ4n) is 1.28. The van der Waals surface area contributed by atoms with Crippen molar-refractivity contribution in [3.63, 3.8) is 0 Å². The average Bonchev–Trinajstić information content (AvgIpc) is 2.62. The van der Waals surface area contributed by atoms with Crippen molar-refractivity contribution in [1.82, 2.24) is 0 Å². The summed E-state index contributed by atoms with van der Waals surface area (Å²) < 4.78 is 1.72. The molecular weight excluding hydrogens is 262 g/mol. The van der Waals surface area contributed by atoms with Crippen molar-refractivity contribution in [2.45, 2.75) is 0 Å². The zero-order chi connectivity index (χ0) is 10.1. The number of nitriles is 1. The first-order valence-electron chi connectivity index (χ1n) is 3.83. The minimum absolute atomic E-state index is 0.555. The summed E-state index contributed by atoms with van der Waals surface area (Å²) in [4.78, 5) is 10.7. The van der Waals surface area contributed by atoms with Crippen LogP contribution in [0.25, 0.3) is 10.1 Å². The van der Waals surface area contributed by atoms with Crippen LogP contribution in [-0.4, -0.2) is 6.29 Å². The predicted octanol–water partition coefficient (Wildman–Crippen LogP) is 3.35. The van der Waals surface area contributed by atoms with E-state index in [1.807, 2.05) is 6.07 Å². The Bertz CT molecular complexity index is 553. The van der Waals surface area contributed by atoms with Gasteiger partial charge in [0.1, 0.15) is 6.07 Å². The number of benzene rings is 1. The Kier molecular flexibility index (Phi) is 2.36. The first kappa shape index (κ1) is 9.38. The Morgan fingerprint density at radius 3 is 2.93 bits per heavy atom. The summed E-state index contributed by atoms with van der Waals surface area (Å²) in [6.45, 7) is 0. The molecule has 0 saturated heterocycles. The molecule has 0 N–H and O–H groups in total. The van der Waals surface area contributed by atoms with Gasteiger partial charge in [0.15, 0.2) is 6.29 Å². The molecule has 0 bridgehead atoms. The fourth-order valence-corrected chi connectivity index (χ4v) is 2.99. The van der Waals surface area contributed by atoms with Gasteiger partial charge in [0.2, 0.25) is 0 Å². The number of carbonyl (C=O) groups is 1. The molecule has 1 heterocycles. The van der Waals surface area contributed by atoms with E-state index in [1.54, 1.807) is 11.4 Å². The van der Waals surface area contributed by atoms with Crippen LogP contribution in [0.3, 0.4) is 0 Å². The van der Waals surface area contributed by atoms with Gasteiger partial charge in [-0.3, -0.25) is 4.79 Å². The molecule has 14 heavy (non-hydrogen) atoms. The van der Waals surface area contributed by atoms with Crippen LogP contribution in [0.2, 0.25) is 0 Å². The lowest BCUT2D eigenvalue weighted by Crippen LogP contribution is -1.81. The highest BCUT2D eigenvalue weighted by molar-refractivity contribution is 9.10. The van der Waals surface area contributed by atoms with Crippen molar-refractivity contribution < 1.29 is 4.79 Å². The number of fused-ring (bicyclic) bond motifs is 1. The second-order valence-electron chi connectivity index (χ2n) is 2.72. The SMILES string of the molecule is N#Cc1ccc2scc(C=O)c2c1Br. The highest BCUT2D eigenvalue weighted by atomic mass is 79.9. The third-order valence-electron chi connectivity index (χ3n) is 1.95. The summed E-state index contributed by atoms with van der Waals surface area (Å²) in [6.07, 6.45) is 0.810. The van der Waals surface area contributed by atoms with Crippen LogP contribution in [-0.2, 0) is 0 Å². The molecule has 1 aromatic carbocycles. The van der Waals surface area contributed by atoms with Crippen molar-refractivity contribution >= 4 is 43.6 Å². The standard InChI is InChI=1S/C10H4BrNOS/c11-10-6(3-12)1-2-8-9(10)7(4-13)5-14-8/h1-2,4-5H. The molecule has 0 spiro atoms. The molecule has 0 saturated carbocycles. The van der Waals surface area contributed by atoms with E-state index >= 15 is 0 Å². The molecule has 0 amide bonds. The summed E-state index contributed by atoms with van der Waals surface area (Å²) in [5.74, 6) is 0. The van der Waals surface area contributed by atoms with Crippen LogP contribution >= 0.6 is 27.3 Å². The van der Waals surface area contributed by atoms with E-state index < -0.39 is 0 Å². The highest BCUT2D eigenvalue weighted by Crippen LogP contribution is 2.33. The topological polar surface area (TPSA) is 40.9 Å². The molecule has 0 unspecified atom stereocenters. The van der Waals surface area contributed by atoms with E-state index in [4.69, 9.17) is 5.26 Å². The zero-order valence-corrected chi connectivity index (χ0v) is 9.35. The van der Waals surface area contributed by atoms with Crippen molar-refractivity contribution in [3.05, 3.63) is 33.1 Å². The first-order valence-corrected chi connectivity index (χ1v) is 5.50. The predicted molar refractivity (Wildman–Crippen MR) is 59.6 cm³/mol. The molecule has 0 aliphatic carbocycles. The van der Waals surface area contributed by atoms with Gasteiger partial charge in [0.25, 0.3) is 0 Å². The van der Waals surface area contributed by atoms with Gasteiger partial charge >= 0.3 is 0 Å². The van der Waals surface area contributed by atoms with Gasteiger partial charge in [-0.05, 0) is 28.1 Å². The minimum Gasteiger partial charge on any atom is -0.298 e. The van der Waals surface area contributed by atoms with Crippen LogP contribution in [0.4, 0.5) is 0 Å². The normalized spacial score (nSPS) is 10.0. The number of hydrogen-bond donors (Lipinski definition) is 0. The summed E-state index contributed by atoms with van der Waals surface area (Å²) in [5, 5.41) is 11.4. The molecule has 1 aromatic heterocycles. The average molecular weight is 266 g/mol. The molecule has 0 radical (unpaired) electrons. The van der Waals surface area contributed by atoms with E-state index in [0.717, 1.165) is 16.4 Å². The van der Waals surface area contributed by atoms with E-state index in [-0.39, 0.29) is 0 Å². The fraction of sp³-hybridized carbons (Fsp3) is 0. The maximum Gasteiger partial charge on any atom is 0.151 e. The lowest BCUT2D eigenvalue weighted by molar-refractivity contribution is 0.112. The molecular formula is C10H4BrNOS. The van der Waals surface area contributed by atoms with Crippen LogP contribution in [0, 0.1) is 11.3 Å². The summed E-state index contributed by atoms with van der Waals surface area (Å²) in [6, 6.07) is 5.68. The van der Waals surface area contributed by atoms with Gasteiger partial charge in [-0.25, -0.2) is 0 Å². The Morgan fingerprint density at radius 2 is 2.29 bits per heavy atom. The number of thiophene rings is 1. The molecule has 0 aliphatic heterocycles. The summed E-state index contributed by atoms with van der Waals surface area (Å²) >= 11 is 4.84. The van der Waals surface area contributed by atoms with Crippen molar-refractivity contribution in [2.24, 2.45) is 0 Å². The number of hydrogen-bond acceptors (Lipinski definition) is 3. The van der Waals surface area contributed by atoms with Gasteiger partial charge in [0.05, 0.1) is 5.56 Å². The van der Waals surface area contributed by atoms with E-state index in [0.29, 0.717) is 15.6 Å². The van der Waals surface area contributed by atoms with Gasteiger partial charge in [-0.2, -0.15) is 5.26 Å². The molecule has 0 fully saturated rings. The smallest absolute Gasteiger partial charge is 0.151 e. The van der Waals surface area contributed by atoms with Crippen molar-refractivity contribution in [3.8, 4) is 6.07 Å². The lowest BCUT2D eigenvalue weighted by Gasteiger charge is -1.97. The van der Waals surface area contributed by atoms with Crippen molar-refractivity contribution in [1.29, 1.82) is 5.26 Å². The maximum atomic E-state index is 10.7. The lowest BCUT2D eigenvalue weighted by atomic mass is 10.1. The Labute approximate surface area is 92.9 Å². The first-order chi connectivity index (χ1) is 6.77. The Hall–Kier alpha value is -1.18. The Morgan fingerprint density at radius 1 is 1.50 bits per heavy atom. The third kappa shape index (κ3) is 1.26. The number of halogens is 1. The number of rotatable bonds is 1. The van der Waals surface area contributed by atoms with Gasteiger partial charge in [0, 0.05) is 25.5 Å². The van der Waals surface area contributed by atoms with Gasteiger partial charge in [-0.15, -0.1) is 11.3 Å². The number of aldehydes is 1. The van der Waals surface area contributed by atoms with Gasteiger partial charge in [-0.1, -0.05) is 0 Å². The maximum absolute atomic E-state index is 10.7. The number of carbonyl (C=O) groups excluding carboxylic acids is 1. The molecule has 68 valence electrons. The summed E-state index contributed by atoms with van der Waals surface area (Å²) in [7, 11) is 0. The largest absolute Gasteiger partial charge is 0.298 e. The van der Waals surface area contributed by atoms with Crippen molar-refractivity contribution in [2.75, 3.05) is 0 Å². The van der Waals surface area contributed by atoms with Crippen LogP contribution < -0.4 is 0 Å². The third-order valence-corrected chi connectivity index (χ3v) is 3.74. The van der Waals surface area contributed by atoms with Gasteiger partial charge < -0.3 is 0 Å². The molecule has 0 atom stereocenters. The quantitative estimate of drug-likeness (QED) is 0.742. The Balaban J connectivity index is 2.92. The second-order valence-corrected chi connectivity index (χ2v) is 4.43. The van der Waals surface area contributed by atoms with E-state index in [9.17, 15) is 4.79 Å². The molecule has 2 rings (SSSR count). The monoisotopic (exact) mass is 265 g/mol. The zero-order valence-electron chi connectivity index (χ0n) is 6.95. The highest BCUT2D eigenvalue weighted by Gasteiger charge is 2.10. The van der Waals surface area contributed by atoms with Crippen LogP contribution in [0.1, 0.15) is 15.9 Å². The second kappa shape index (κ2) is 3.52. The van der Waals surface area contributed by atoms with Crippen LogP contribution in [0.5, 0.6) is 0 Å². The molecule has 2 nitrogen and oxygen atoms in total. The molecule has 4 heteroatoms. The van der Waals surface area contributed by atoms with E-state index in [1.165, 1.54) is 11.3 Å².